The molecular formula is C18H20O6. The zero-order valence-corrected chi connectivity index (χ0v) is 14.1. The van der Waals surface area contributed by atoms with Crippen molar-refractivity contribution in [2.75, 3.05) is 28.4 Å². The van der Waals surface area contributed by atoms with E-state index in [0.29, 0.717) is 22.8 Å². The fraction of sp³-hybridized carbons (Fsp3) is 0.278. The van der Waals surface area contributed by atoms with Crippen LogP contribution in [0.5, 0.6) is 23.0 Å². The van der Waals surface area contributed by atoms with Crippen molar-refractivity contribution in [3.63, 3.8) is 0 Å². The van der Waals surface area contributed by atoms with Crippen LogP contribution in [-0.4, -0.2) is 34.4 Å². The molecule has 0 aliphatic heterocycles. The number of ether oxygens (including phenoxy) is 5. The molecule has 2 aromatic carbocycles. The second kappa shape index (κ2) is 8.10. The lowest BCUT2D eigenvalue weighted by Gasteiger charge is -2.13. The summed E-state index contributed by atoms with van der Waals surface area (Å²) in [6.45, 7) is 0.152. The predicted octanol–water partition coefficient (Wildman–Crippen LogP) is 3.08. The molecule has 2 aromatic rings. The Bertz CT molecular complexity index is 668. The summed E-state index contributed by atoms with van der Waals surface area (Å²) in [6, 6.07) is 10.4. The highest BCUT2D eigenvalue weighted by molar-refractivity contribution is 5.91. The zero-order valence-electron chi connectivity index (χ0n) is 14.1. The number of carbonyl (C=O) groups is 1. The Morgan fingerprint density at radius 2 is 1.42 bits per heavy atom. The summed E-state index contributed by atoms with van der Waals surface area (Å²) < 4.78 is 26.1. The van der Waals surface area contributed by atoms with Crippen molar-refractivity contribution in [1.82, 2.24) is 0 Å². The summed E-state index contributed by atoms with van der Waals surface area (Å²) in [6.07, 6.45) is 0. The lowest BCUT2D eigenvalue weighted by Crippen LogP contribution is -2.07. The molecule has 6 heteroatoms. The van der Waals surface area contributed by atoms with Gasteiger partial charge in [0.2, 0.25) is 5.75 Å². The molecule has 2 rings (SSSR count). The van der Waals surface area contributed by atoms with Gasteiger partial charge in [0, 0.05) is 0 Å². The van der Waals surface area contributed by atoms with E-state index in [-0.39, 0.29) is 6.61 Å². The normalized spacial score (nSPS) is 10.0. The maximum atomic E-state index is 12.3. The smallest absolute Gasteiger partial charge is 0.338 e. The molecule has 0 N–H and O–H groups in total. The summed E-state index contributed by atoms with van der Waals surface area (Å²) in [7, 11) is 6.08. The lowest BCUT2D eigenvalue weighted by molar-refractivity contribution is 0.0472. The standard InChI is InChI=1S/C18H20O6/c1-20-14-7-5-12(6-8-14)11-24-18(19)13-9-15(21-2)17(23-4)16(10-13)22-3/h5-10H,11H2,1-4H3. The first-order valence-corrected chi connectivity index (χ1v) is 7.23. The predicted molar refractivity (Wildman–Crippen MR) is 88.2 cm³/mol. The van der Waals surface area contributed by atoms with E-state index in [4.69, 9.17) is 23.7 Å². The minimum Gasteiger partial charge on any atom is -0.497 e. The van der Waals surface area contributed by atoms with Gasteiger partial charge in [-0.15, -0.1) is 0 Å². The lowest BCUT2D eigenvalue weighted by atomic mass is 10.2. The second-order valence-electron chi connectivity index (χ2n) is 4.84. The molecule has 0 saturated heterocycles. The van der Waals surface area contributed by atoms with E-state index in [9.17, 15) is 4.79 Å². The molecule has 0 saturated carbocycles. The van der Waals surface area contributed by atoms with Crippen molar-refractivity contribution in [3.8, 4) is 23.0 Å². The van der Waals surface area contributed by atoms with Crippen LogP contribution in [0.25, 0.3) is 0 Å². The van der Waals surface area contributed by atoms with Gasteiger partial charge < -0.3 is 23.7 Å². The number of hydrogen-bond acceptors (Lipinski definition) is 6. The van der Waals surface area contributed by atoms with Crippen LogP contribution in [0.1, 0.15) is 15.9 Å². The highest BCUT2D eigenvalue weighted by atomic mass is 16.5. The van der Waals surface area contributed by atoms with Crippen LogP contribution in [0.2, 0.25) is 0 Å². The van der Waals surface area contributed by atoms with Gasteiger partial charge in [0.25, 0.3) is 0 Å². The molecule has 0 aromatic heterocycles. The third-order valence-electron chi connectivity index (χ3n) is 3.43. The Kier molecular flexibility index (Phi) is 5.89. The topological polar surface area (TPSA) is 63.2 Å². The van der Waals surface area contributed by atoms with E-state index < -0.39 is 5.97 Å². The molecule has 0 unspecified atom stereocenters. The highest BCUT2D eigenvalue weighted by Gasteiger charge is 2.17. The molecule has 24 heavy (non-hydrogen) atoms. The molecule has 6 nitrogen and oxygen atoms in total. The van der Waals surface area contributed by atoms with Gasteiger partial charge in [-0.1, -0.05) is 12.1 Å². The Balaban J connectivity index is 2.13. The van der Waals surface area contributed by atoms with E-state index in [2.05, 4.69) is 0 Å². The van der Waals surface area contributed by atoms with Crippen LogP contribution in [0.3, 0.4) is 0 Å². The minimum absolute atomic E-state index is 0.152. The van der Waals surface area contributed by atoms with Crippen molar-refractivity contribution in [2.45, 2.75) is 6.61 Å². The van der Waals surface area contributed by atoms with Gasteiger partial charge >= 0.3 is 5.97 Å². The van der Waals surface area contributed by atoms with Gasteiger partial charge in [-0.3, -0.25) is 0 Å². The number of methoxy groups -OCH3 is 4. The highest BCUT2D eigenvalue weighted by Crippen LogP contribution is 2.38. The van der Waals surface area contributed by atoms with Crippen molar-refractivity contribution < 1.29 is 28.5 Å². The number of rotatable bonds is 7. The number of esters is 1. The monoisotopic (exact) mass is 332 g/mol. The van der Waals surface area contributed by atoms with Gasteiger partial charge in [-0.05, 0) is 29.8 Å². The van der Waals surface area contributed by atoms with E-state index in [1.165, 1.54) is 21.3 Å². The van der Waals surface area contributed by atoms with Gasteiger partial charge in [0.05, 0.1) is 34.0 Å². The largest absolute Gasteiger partial charge is 0.497 e. The minimum atomic E-state index is -0.481. The van der Waals surface area contributed by atoms with Crippen molar-refractivity contribution in [2.24, 2.45) is 0 Å². The van der Waals surface area contributed by atoms with Crippen LogP contribution in [0, 0.1) is 0 Å². The molecule has 128 valence electrons. The van der Waals surface area contributed by atoms with Gasteiger partial charge in [0.15, 0.2) is 11.5 Å². The quantitative estimate of drug-likeness (QED) is 0.726. The second-order valence-corrected chi connectivity index (χ2v) is 4.84. The molecule has 0 aliphatic carbocycles. The molecular weight excluding hydrogens is 312 g/mol. The third-order valence-corrected chi connectivity index (χ3v) is 3.43. The summed E-state index contributed by atoms with van der Waals surface area (Å²) in [4.78, 5) is 12.3. The zero-order chi connectivity index (χ0) is 17.5. The van der Waals surface area contributed by atoms with Crippen LogP contribution in [-0.2, 0) is 11.3 Å². The Labute approximate surface area is 140 Å². The molecule has 0 aliphatic rings. The molecule has 0 bridgehead atoms. The fourth-order valence-corrected chi connectivity index (χ4v) is 2.15. The Morgan fingerprint density at radius 3 is 1.88 bits per heavy atom. The average Bonchev–Trinajstić information content (AvgIpc) is 2.65. The number of hydrogen-bond donors (Lipinski definition) is 0. The van der Waals surface area contributed by atoms with Crippen LogP contribution < -0.4 is 18.9 Å². The van der Waals surface area contributed by atoms with Crippen LogP contribution in [0.15, 0.2) is 36.4 Å². The average molecular weight is 332 g/mol. The molecule has 0 fully saturated rings. The van der Waals surface area contributed by atoms with Gasteiger partial charge in [-0.25, -0.2) is 4.79 Å². The van der Waals surface area contributed by atoms with E-state index in [0.717, 1.165) is 11.3 Å². The van der Waals surface area contributed by atoms with Gasteiger partial charge in [0.1, 0.15) is 12.4 Å². The van der Waals surface area contributed by atoms with E-state index >= 15 is 0 Å². The van der Waals surface area contributed by atoms with E-state index in [1.807, 2.05) is 24.3 Å². The first-order valence-electron chi connectivity index (χ1n) is 7.23. The maximum absolute atomic E-state index is 12.3. The third kappa shape index (κ3) is 3.90. The van der Waals surface area contributed by atoms with Crippen molar-refractivity contribution >= 4 is 5.97 Å². The molecule has 0 atom stereocenters. The van der Waals surface area contributed by atoms with Crippen molar-refractivity contribution in [3.05, 3.63) is 47.5 Å². The molecule has 0 spiro atoms. The summed E-state index contributed by atoms with van der Waals surface area (Å²) >= 11 is 0. The van der Waals surface area contributed by atoms with Crippen molar-refractivity contribution in [1.29, 1.82) is 0 Å². The summed E-state index contributed by atoms with van der Waals surface area (Å²) in [5, 5.41) is 0. The summed E-state index contributed by atoms with van der Waals surface area (Å²) in [5.41, 5.74) is 1.18. The SMILES string of the molecule is COc1ccc(COC(=O)c2cc(OC)c(OC)c(OC)c2)cc1. The number of benzene rings is 2. The molecule has 0 radical (unpaired) electrons. The molecule has 0 heterocycles. The first kappa shape index (κ1) is 17.5. The Hall–Kier alpha value is -2.89. The van der Waals surface area contributed by atoms with Gasteiger partial charge in [-0.2, -0.15) is 0 Å². The fourth-order valence-electron chi connectivity index (χ4n) is 2.15. The number of carbonyl (C=O) groups excluding carboxylic acids is 1. The first-order chi connectivity index (χ1) is 11.6. The summed E-state index contributed by atoms with van der Waals surface area (Å²) in [5.74, 6) is 1.48. The molecule has 0 amide bonds. The maximum Gasteiger partial charge on any atom is 0.338 e. The van der Waals surface area contributed by atoms with E-state index in [1.54, 1.807) is 19.2 Å². The Morgan fingerprint density at radius 1 is 0.833 bits per heavy atom. The van der Waals surface area contributed by atoms with Crippen LogP contribution >= 0.6 is 0 Å². The van der Waals surface area contributed by atoms with Crippen LogP contribution in [0.4, 0.5) is 0 Å².